The summed E-state index contributed by atoms with van der Waals surface area (Å²) in [4.78, 5) is 12.2. The summed E-state index contributed by atoms with van der Waals surface area (Å²) >= 11 is 6.05. The standard InChI is InChI=1S/C17H14ClN3O2/c18-14-9-5-4-6-12(14)10-19-17(23)16-15(22)11-21(20-16)13-7-2-1-3-8-13/h1-9,11,22H,10H2,(H,19,23). The van der Waals surface area contributed by atoms with Crippen LogP contribution in [0.1, 0.15) is 16.1 Å². The number of nitrogens with zero attached hydrogens (tertiary/aromatic N) is 2. The Morgan fingerprint density at radius 1 is 1.13 bits per heavy atom. The Morgan fingerprint density at radius 2 is 1.83 bits per heavy atom. The summed E-state index contributed by atoms with van der Waals surface area (Å²) in [5.74, 6) is -0.636. The average Bonchev–Trinajstić information content (AvgIpc) is 2.97. The number of para-hydroxylation sites is 1. The maximum absolute atomic E-state index is 12.2. The van der Waals surface area contributed by atoms with Crippen LogP contribution in [0.2, 0.25) is 5.02 Å². The fraction of sp³-hybridized carbons (Fsp3) is 0.0588. The van der Waals surface area contributed by atoms with E-state index in [0.29, 0.717) is 5.02 Å². The van der Waals surface area contributed by atoms with Gasteiger partial charge in [0.25, 0.3) is 5.91 Å². The maximum atomic E-state index is 12.2. The van der Waals surface area contributed by atoms with Crippen LogP contribution in [-0.2, 0) is 6.54 Å². The van der Waals surface area contributed by atoms with Gasteiger partial charge in [-0.3, -0.25) is 4.79 Å². The molecule has 6 heteroatoms. The molecule has 3 rings (SSSR count). The zero-order valence-electron chi connectivity index (χ0n) is 12.1. The highest BCUT2D eigenvalue weighted by atomic mass is 35.5. The van der Waals surface area contributed by atoms with Crippen molar-refractivity contribution < 1.29 is 9.90 Å². The molecule has 0 atom stereocenters. The molecule has 0 unspecified atom stereocenters. The molecule has 0 saturated heterocycles. The highest BCUT2D eigenvalue weighted by Crippen LogP contribution is 2.19. The van der Waals surface area contributed by atoms with Gasteiger partial charge in [-0.05, 0) is 23.8 Å². The van der Waals surface area contributed by atoms with Crippen molar-refractivity contribution >= 4 is 17.5 Å². The van der Waals surface area contributed by atoms with Gasteiger partial charge in [0.05, 0.1) is 11.9 Å². The van der Waals surface area contributed by atoms with E-state index in [1.54, 1.807) is 6.07 Å². The van der Waals surface area contributed by atoms with Crippen LogP contribution in [0.25, 0.3) is 5.69 Å². The van der Waals surface area contributed by atoms with Crippen molar-refractivity contribution in [3.8, 4) is 11.4 Å². The third-order valence-corrected chi connectivity index (χ3v) is 3.70. The zero-order valence-corrected chi connectivity index (χ0v) is 12.9. The van der Waals surface area contributed by atoms with E-state index in [9.17, 15) is 9.90 Å². The van der Waals surface area contributed by atoms with Gasteiger partial charge in [0.1, 0.15) is 0 Å². The lowest BCUT2D eigenvalue weighted by Crippen LogP contribution is -2.23. The SMILES string of the molecule is O=C(NCc1ccccc1Cl)c1nn(-c2ccccc2)cc1O. The van der Waals surface area contributed by atoms with E-state index < -0.39 is 5.91 Å². The van der Waals surface area contributed by atoms with Crippen LogP contribution in [0.5, 0.6) is 5.75 Å². The predicted octanol–water partition coefficient (Wildman–Crippen LogP) is 3.16. The normalized spacial score (nSPS) is 10.5. The molecule has 0 fully saturated rings. The summed E-state index contributed by atoms with van der Waals surface area (Å²) in [6.07, 6.45) is 1.40. The number of carbonyl (C=O) groups is 1. The number of nitrogens with one attached hydrogen (secondary N) is 1. The Bertz CT molecular complexity index is 831. The number of carbonyl (C=O) groups excluding carboxylic acids is 1. The predicted molar refractivity (Wildman–Crippen MR) is 87.9 cm³/mol. The third kappa shape index (κ3) is 3.35. The van der Waals surface area contributed by atoms with Gasteiger partial charge >= 0.3 is 0 Å². The van der Waals surface area contributed by atoms with Crippen molar-refractivity contribution in [1.29, 1.82) is 0 Å². The van der Waals surface area contributed by atoms with Gasteiger partial charge in [-0.1, -0.05) is 48.0 Å². The molecule has 116 valence electrons. The minimum atomic E-state index is -0.461. The number of aromatic hydroxyl groups is 1. The molecule has 0 bridgehead atoms. The first-order valence-corrected chi connectivity index (χ1v) is 7.38. The van der Waals surface area contributed by atoms with E-state index in [1.165, 1.54) is 10.9 Å². The summed E-state index contributed by atoms with van der Waals surface area (Å²) in [5.41, 5.74) is 1.53. The van der Waals surface area contributed by atoms with Crippen molar-refractivity contribution in [2.75, 3.05) is 0 Å². The summed E-state index contributed by atoms with van der Waals surface area (Å²) < 4.78 is 1.46. The van der Waals surface area contributed by atoms with Crippen molar-refractivity contribution in [3.63, 3.8) is 0 Å². The molecule has 0 aliphatic rings. The molecule has 3 aromatic rings. The maximum Gasteiger partial charge on any atom is 0.275 e. The van der Waals surface area contributed by atoms with E-state index in [4.69, 9.17) is 11.6 Å². The van der Waals surface area contributed by atoms with E-state index in [0.717, 1.165) is 11.3 Å². The Kier molecular flexibility index (Phi) is 4.30. The van der Waals surface area contributed by atoms with Crippen molar-refractivity contribution in [1.82, 2.24) is 15.1 Å². The fourth-order valence-corrected chi connectivity index (χ4v) is 2.34. The fourth-order valence-electron chi connectivity index (χ4n) is 2.14. The Labute approximate surface area is 138 Å². The van der Waals surface area contributed by atoms with Crippen LogP contribution in [0.15, 0.2) is 60.8 Å². The van der Waals surface area contributed by atoms with Crippen molar-refractivity contribution in [2.24, 2.45) is 0 Å². The second kappa shape index (κ2) is 6.54. The Morgan fingerprint density at radius 3 is 2.57 bits per heavy atom. The summed E-state index contributed by atoms with van der Waals surface area (Å²) in [6, 6.07) is 16.5. The van der Waals surface area contributed by atoms with Crippen molar-refractivity contribution in [3.05, 3.63) is 77.1 Å². The lowest BCUT2D eigenvalue weighted by Gasteiger charge is -2.05. The molecule has 5 nitrogen and oxygen atoms in total. The molecule has 0 aliphatic heterocycles. The number of rotatable bonds is 4. The van der Waals surface area contributed by atoms with Gasteiger partial charge in [-0.25, -0.2) is 4.68 Å². The molecule has 23 heavy (non-hydrogen) atoms. The van der Waals surface area contributed by atoms with Crippen LogP contribution in [-0.4, -0.2) is 20.8 Å². The van der Waals surface area contributed by atoms with Gasteiger partial charge < -0.3 is 10.4 Å². The lowest BCUT2D eigenvalue weighted by molar-refractivity contribution is 0.0943. The van der Waals surface area contributed by atoms with E-state index in [-0.39, 0.29) is 18.0 Å². The van der Waals surface area contributed by atoms with Gasteiger partial charge in [-0.15, -0.1) is 0 Å². The number of hydrogen-bond donors (Lipinski definition) is 2. The van der Waals surface area contributed by atoms with Gasteiger partial charge in [-0.2, -0.15) is 5.10 Å². The Balaban J connectivity index is 1.75. The summed E-state index contributed by atoms with van der Waals surface area (Å²) in [7, 11) is 0. The lowest BCUT2D eigenvalue weighted by atomic mass is 10.2. The molecule has 0 radical (unpaired) electrons. The average molecular weight is 328 g/mol. The van der Waals surface area contributed by atoms with Crippen LogP contribution in [0.4, 0.5) is 0 Å². The quantitative estimate of drug-likeness (QED) is 0.773. The number of amides is 1. The van der Waals surface area contributed by atoms with Gasteiger partial charge in [0.2, 0.25) is 0 Å². The molecule has 1 amide bonds. The highest BCUT2D eigenvalue weighted by molar-refractivity contribution is 6.31. The summed E-state index contributed by atoms with van der Waals surface area (Å²) in [5, 5.41) is 17.4. The van der Waals surface area contributed by atoms with E-state index in [2.05, 4.69) is 10.4 Å². The summed E-state index contributed by atoms with van der Waals surface area (Å²) in [6.45, 7) is 0.260. The molecule has 2 N–H and O–H groups in total. The first-order chi connectivity index (χ1) is 11.1. The molecular formula is C17H14ClN3O2. The number of hydrogen-bond acceptors (Lipinski definition) is 3. The minimum absolute atomic E-state index is 0.0269. The van der Waals surface area contributed by atoms with E-state index in [1.807, 2.05) is 48.5 Å². The molecule has 2 aromatic carbocycles. The first kappa shape index (κ1) is 15.1. The van der Waals surface area contributed by atoms with E-state index >= 15 is 0 Å². The van der Waals surface area contributed by atoms with Crippen LogP contribution >= 0.6 is 11.6 Å². The van der Waals surface area contributed by atoms with Crippen LogP contribution in [0.3, 0.4) is 0 Å². The molecule has 0 saturated carbocycles. The van der Waals surface area contributed by atoms with Crippen LogP contribution in [0, 0.1) is 0 Å². The minimum Gasteiger partial charge on any atom is -0.504 e. The molecular weight excluding hydrogens is 314 g/mol. The highest BCUT2D eigenvalue weighted by Gasteiger charge is 2.17. The largest absolute Gasteiger partial charge is 0.504 e. The third-order valence-electron chi connectivity index (χ3n) is 3.33. The number of halogens is 1. The molecule has 1 heterocycles. The number of benzene rings is 2. The molecule has 1 aromatic heterocycles. The monoisotopic (exact) mass is 327 g/mol. The zero-order chi connectivity index (χ0) is 16.2. The molecule has 0 aliphatic carbocycles. The van der Waals surface area contributed by atoms with Crippen LogP contribution < -0.4 is 5.32 Å². The smallest absolute Gasteiger partial charge is 0.275 e. The van der Waals surface area contributed by atoms with Gasteiger partial charge in [0, 0.05) is 11.6 Å². The second-order valence-electron chi connectivity index (χ2n) is 4.92. The number of aromatic nitrogens is 2. The topological polar surface area (TPSA) is 67.2 Å². The first-order valence-electron chi connectivity index (χ1n) is 7.01. The second-order valence-corrected chi connectivity index (χ2v) is 5.32. The van der Waals surface area contributed by atoms with Gasteiger partial charge in [0.15, 0.2) is 11.4 Å². The molecule has 0 spiro atoms. The Hall–Kier alpha value is -2.79. The van der Waals surface area contributed by atoms with Crippen molar-refractivity contribution in [2.45, 2.75) is 6.54 Å².